The Morgan fingerprint density at radius 1 is 1.26 bits per heavy atom. The average molecular weight is 385 g/mol. The molecule has 1 amide bonds. The zero-order valence-corrected chi connectivity index (χ0v) is 15.0. The molecule has 0 saturated heterocycles. The van der Waals surface area contributed by atoms with E-state index in [1.54, 1.807) is 18.2 Å². The fourth-order valence-corrected chi connectivity index (χ4v) is 3.09. The Kier molecular flexibility index (Phi) is 4.16. The Balaban J connectivity index is 1.67. The first-order valence-corrected chi connectivity index (χ1v) is 8.53. The van der Waals surface area contributed by atoms with Crippen molar-refractivity contribution < 1.29 is 9.18 Å². The van der Waals surface area contributed by atoms with Crippen molar-refractivity contribution in [2.24, 2.45) is 0 Å². The quantitative estimate of drug-likeness (QED) is 0.566. The molecule has 0 saturated carbocycles. The zero-order valence-electron chi connectivity index (χ0n) is 14.2. The molecule has 0 bridgehead atoms. The predicted molar refractivity (Wildman–Crippen MR) is 103 cm³/mol. The number of fused-ring (bicyclic) bond motifs is 3. The van der Waals surface area contributed by atoms with Crippen LogP contribution < -0.4 is 10.9 Å². The Labute approximate surface area is 157 Å². The summed E-state index contributed by atoms with van der Waals surface area (Å²) in [7, 11) is 0. The highest BCUT2D eigenvalue weighted by Gasteiger charge is 2.14. The number of aromatic nitrogens is 3. The first-order chi connectivity index (χ1) is 12.9. The average Bonchev–Trinajstić information content (AvgIpc) is 2.94. The highest BCUT2D eigenvalue weighted by atomic mass is 35.5. The molecule has 0 aliphatic rings. The van der Waals surface area contributed by atoms with Crippen LogP contribution in [0.25, 0.3) is 21.8 Å². The van der Waals surface area contributed by atoms with Crippen molar-refractivity contribution in [3.8, 4) is 0 Å². The fourth-order valence-electron chi connectivity index (χ4n) is 2.90. The maximum absolute atomic E-state index is 13.6. The molecule has 0 aliphatic heterocycles. The van der Waals surface area contributed by atoms with Crippen LogP contribution in [0.5, 0.6) is 0 Å². The molecular weight excluding hydrogens is 371 g/mol. The van der Waals surface area contributed by atoms with E-state index in [2.05, 4.69) is 15.4 Å². The number of hydrogen-bond acceptors (Lipinski definition) is 3. The smallest absolute Gasteiger partial charge is 0.276 e. The molecule has 0 spiro atoms. The number of carbonyl (C=O) groups excluding carboxylic acids is 1. The molecule has 2 heterocycles. The summed E-state index contributed by atoms with van der Waals surface area (Å²) in [6.45, 7) is 1.63. The molecule has 2 aromatic heterocycles. The predicted octanol–water partition coefficient (Wildman–Crippen LogP) is 3.62. The highest BCUT2D eigenvalue weighted by Crippen LogP contribution is 2.21. The molecule has 0 aliphatic carbocycles. The lowest BCUT2D eigenvalue weighted by atomic mass is 10.2. The summed E-state index contributed by atoms with van der Waals surface area (Å²) in [5.74, 6) is -0.827. The second-order valence-electron chi connectivity index (χ2n) is 6.22. The number of benzene rings is 2. The van der Waals surface area contributed by atoms with E-state index in [1.807, 2.05) is 6.92 Å². The molecule has 0 radical (unpaired) electrons. The number of rotatable bonds is 3. The molecule has 4 rings (SSSR count). The molecule has 6 nitrogen and oxygen atoms in total. The highest BCUT2D eigenvalue weighted by molar-refractivity contribution is 6.31. The van der Waals surface area contributed by atoms with Crippen LogP contribution in [0.1, 0.15) is 5.56 Å². The molecule has 0 fully saturated rings. The van der Waals surface area contributed by atoms with Gasteiger partial charge in [-0.2, -0.15) is 0 Å². The van der Waals surface area contributed by atoms with Crippen molar-refractivity contribution in [3.05, 3.63) is 69.4 Å². The van der Waals surface area contributed by atoms with E-state index < -0.39 is 17.3 Å². The topological polar surface area (TPSA) is 79.8 Å². The van der Waals surface area contributed by atoms with Crippen LogP contribution >= 0.6 is 11.6 Å². The van der Waals surface area contributed by atoms with Crippen molar-refractivity contribution >= 4 is 45.0 Å². The number of nitrogens with zero attached hydrogens (tertiary/aromatic N) is 2. The number of aryl methyl sites for hydroxylation is 1. The lowest BCUT2D eigenvalue weighted by molar-refractivity contribution is -0.116. The number of aromatic amines is 1. The van der Waals surface area contributed by atoms with E-state index in [-0.39, 0.29) is 6.54 Å². The van der Waals surface area contributed by atoms with Crippen LogP contribution in [0, 0.1) is 12.7 Å². The largest absolute Gasteiger partial charge is 0.324 e. The summed E-state index contributed by atoms with van der Waals surface area (Å²) in [6, 6.07) is 9.30. The second-order valence-corrected chi connectivity index (χ2v) is 6.63. The second kappa shape index (κ2) is 6.51. The number of amides is 1. The summed E-state index contributed by atoms with van der Waals surface area (Å²) >= 11 is 6.05. The van der Waals surface area contributed by atoms with Gasteiger partial charge in [-0.25, -0.2) is 9.07 Å². The SMILES string of the molecule is Cc1ccc(NC(=O)Cn2[nH]c3c(cnc4ccc(F)cc43)c2=O)cc1Cl. The number of hydrogen-bond donors (Lipinski definition) is 2. The van der Waals surface area contributed by atoms with Gasteiger partial charge < -0.3 is 5.32 Å². The third-order valence-corrected chi connectivity index (χ3v) is 4.72. The molecule has 136 valence electrons. The number of pyridine rings is 1. The van der Waals surface area contributed by atoms with E-state index in [0.29, 0.717) is 32.5 Å². The summed E-state index contributed by atoms with van der Waals surface area (Å²) < 4.78 is 14.8. The summed E-state index contributed by atoms with van der Waals surface area (Å²) in [5.41, 5.74) is 2.02. The molecule has 27 heavy (non-hydrogen) atoms. The van der Waals surface area contributed by atoms with Crippen LogP contribution in [0.15, 0.2) is 47.4 Å². The maximum Gasteiger partial charge on any atom is 0.276 e. The minimum absolute atomic E-state index is 0.226. The van der Waals surface area contributed by atoms with Crippen molar-refractivity contribution in [3.63, 3.8) is 0 Å². The Morgan fingerprint density at radius 3 is 2.85 bits per heavy atom. The van der Waals surface area contributed by atoms with Gasteiger partial charge in [-0.05, 0) is 42.8 Å². The van der Waals surface area contributed by atoms with Gasteiger partial charge >= 0.3 is 0 Å². The van der Waals surface area contributed by atoms with Crippen LogP contribution in [0.2, 0.25) is 5.02 Å². The fraction of sp³-hybridized carbons (Fsp3) is 0.105. The standard InChI is InChI=1S/C19H14ClFN4O2/c1-10-2-4-12(7-15(10)20)23-17(26)9-25-19(27)14-8-22-16-5-3-11(21)6-13(16)18(14)24-25/h2-8,24H,9H2,1H3,(H,23,26). The summed E-state index contributed by atoms with van der Waals surface area (Å²) in [6.07, 6.45) is 1.42. The van der Waals surface area contributed by atoms with Gasteiger partial charge in [0.15, 0.2) is 0 Å². The minimum atomic E-state index is -0.431. The minimum Gasteiger partial charge on any atom is -0.324 e. The summed E-state index contributed by atoms with van der Waals surface area (Å²) in [4.78, 5) is 29.0. The molecule has 2 N–H and O–H groups in total. The number of nitrogens with one attached hydrogen (secondary N) is 2. The van der Waals surface area contributed by atoms with Crippen molar-refractivity contribution in [1.29, 1.82) is 0 Å². The van der Waals surface area contributed by atoms with Gasteiger partial charge in [0.2, 0.25) is 5.91 Å². The van der Waals surface area contributed by atoms with E-state index >= 15 is 0 Å². The van der Waals surface area contributed by atoms with E-state index in [1.165, 1.54) is 29.1 Å². The van der Waals surface area contributed by atoms with Gasteiger partial charge in [0.05, 0.1) is 16.4 Å². The van der Waals surface area contributed by atoms with Gasteiger partial charge in [-0.3, -0.25) is 19.7 Å². The van der Waals surface area contributed by atoms with Crippen LogP contribution in [-0.2, 0) is 11.3 Å². The molecular formula is C19H14ClFN4O2. The molecule has 0 unspecified atom stereocenters. The lowest BCUT2D eigenvalue weighted by Crippen LogP contribution is -2.26. The van der Waals surface area contributed by atoms with E-state index in [4.69, 9.17) is 11.6 Å². The van der Waals surface area contributed by atoms with Gasteiger partial charge in [0, 0.05) is 22.3 Å². The first kappa shape index (κ1) is 17.2. The Morgan fingerprint density at radius 2 is 2.07 bits per heavy atom. The van der Waals surface area contributed by atoms with Crippen molar-refractivity contribution in [2.75, 3.05) is 5.32 Å². The van der Waals surface area contributed by atoms with E-state index in [0.717, 1.165) is 5.56 Å². The molecule has 2 aromatic carbocycles. The third kappa shape index (κ3) is 3.17. The first-order valence-electron chi connectivity index (χ1n) is 8.15. The normalized spacial score (nSPS) is 11.2. The molecule has 0 atom stereocenters. The molecule has 4 aromatic rings. The van der Waals surface area contributed by atoms with Crippen molar-refractivity contribution in [1.82, 2.24) is 14.8 Å². The summed E-state index contributed by atoms with van der Waals surface area (Å²) in [5, 5.41) is 6.89. The number of carbonyl (C=O) groups is 1. The van der Waals surface area contributed by atoms with Gasteiger partial charge in [0.1, 0.15) is 12.4 Å². The number of H-pyrrole nitrogens is 1. The third-order valence-electron chi connectivity index (χ3n) is 4.31. The molecule has 8 heteroatoms. The monoisotopic (exact) mass is 384 g/mol. The number of anilines is 1. The number of halogens is 2. The maximum atomic E-state index is 13.6. The van der Waals surface area contributed by atoms with Crippen LogP contribution in [-0.4, -0.2) is 20.7 Å². The van der Waals surface area contributed by atoms with E-state index in [9.17, 15) is 14.0 Å². The van der Waals surface area contributed by atoms with Crippen LogP contribution in [0.3, 0.4) is 0 Å². The van der Waals surface area contributed by atoms with Crippen molar-refractivity contribution in [2.45, 2.75) is 13.5 Å². The van der Waals surface area contributed by atoms with Gasteiger partial charge in [-0.15, -0.1) is 0 Å². The zero-order chi connectivity index (χ0) is 19.1. The Hall–Kier alpha value is -3.19. The van der Waals surface area contributed by atoms with Gasteiger partial charge in [0.25, 0.3) is 5.56 Å². The Bertz CT molecular complexity index is 1260. The van der Waals surface area contributed by atoms with Gasteiger partial charge in [-0.1, -0.05) is 17.7 Å². The lowest BCUT2D eigenvalue weighted by Gasteiger charge is -2.07. The van der Waals surface area contributed by atoms with Crippen LogP contribution in [0.4, 0.5) is 10.1 Å².